The summed E-state index contributed by atoms with van der Waals surface area (Å²) in [6.07, 6.45) is 2.40. The highest BCUT2D eigenvalue weighted by atomic mass is 16.5. The minimum atomic E-state index is -0.00113. The van der Waals surface area contributed by atoms with Gasteiger partial charge in [0.2, 0.25) is 5.91 Å². The second-order valence-electron chi connectivity index (χ2n) is 6.42. The van der Waals surface area contributed by atoms with Gasteiger partial charge in [0.15, 0.2) is 0 Å². The first kappa shape index (κ1) is 14.1. The average molecular weight is 291 g/mol. The van der Waals surface area contributed by atoms with Crippen molar-refractivity contribution in [2.45, 2.75) is 33.1 Å². The molecule has 0 atom stereocenters. The quantitative estimate of drug-likeness (QED) is 0.784. The van der Waals surface area contributed by atoms with Crippen LogP contribution in [0.5, 0.6) is 0 Å². The molecule has 1 aromatic rings. The summed E-state index contributed by atoms with van der Waals surface area (Å²) in [5.41, 5.74) is 1.31. The van der Waals surface area contributed by atoms with Crippen LogP contribution in [0.2, 0.25) is 0 Å². The van der Waals surface area contributed by atoms with E-state index in [9.17, 15) is 9.59 Å². The van der Waals surface area contributed by atoms with Gasteiger partial charge in [-0.1, -0.05) is 5.16 Å². The molecule has 0 unspecified atom stereocenters. The van der Waals surface area contributed by atoms with E-state index in [1.165, 1.54) is 0 Å². The van der Waals surface area contributed by atoms with E-state index in [4.69, 9.17) is 4.52 Å². The molecular weight excluding hydrogens is 270 g/mol. The van der Waals surface area contributed by atoms with Crippen LogP contribution in [0.1, 0.15) is 41.1 Å². The molecule has 2 amide bonds. The fraction of sp³-hybridized carbons (Fsp3) is 0.667. The Hall–Kier alpha value is -1.85. The van der Waals surface area contributed by atoms with Crippen LogP contribution in [0.25, 0.3) is 0 Å². The average Bonchev–Trinajstić information content (AvgIpc) is 2.91. The predicted octanol–water partition coefficient (Wildman–Crippen LogP) is 1.38. The van der Waals surface area contributed by atoms with Gasteiger partial charge in [-0.25, -0.2) is 0 Å². The minimum absolute atomic E-state index is 0.00113. The third-order valence-corrected chi connectivity index (χ3v) is 4.88. The molecular formula is C15H21N3O3. The largest absolute Gasteiger partial charge is 0.361 e. The number of hydrogen-bond donors (Lipinski definition) is 0. The molecule has 114 valence electrons. The normalized spacial score (nSPS) is 21.4. The van der Waals surface area contributed by atoms with Crippen molar-refractivity contribution in [2.24, 2.45) is 5.41 Å². The van der Waals surface area contributed by atoms with Gasteiger partial charge in [0, 0.05) is 38.5 Å². The summed E-state index contributed by atoms with van der Waals surface area (Å²) in [6, 6.07) is 0. The highest BCUT2D eigenvalue weighted by Crippen LogP contribution is 2.40. The highest BCUT2D eigenvalue weighted by molar-refractivity contribution is 5.96. The van der Waals surface area contributed by atoms with Crippen molar-refractivity contribution in [2.75, 3.05) is 26.7 Å². The van der Waals surface area contributed by atoms with E-state index < -0.39 is 0 Å². The molecule has 21 heavy (non-hydrogen) atoms. The number of piperidine rings is 1. The number of hydrogen-bond acceptors (Lipinski definition) is 4. The molecule has 0 bridgehead atoms. The predicted molar refractivity (Wildman–Crippen MR) is 75.8 cm³/mol. The van der Waals surface area contributed by atoms with Crippen molar-refractivity contribution in [3.8, 4) is 0 Å². The Bertz CT molecular complexity index is 565. The second kappa shape index (κ2) is 4.86. The minimum Gasteiger partial charge on any atom is -0.361 e. The van der Waals surface area contributed by atoms with Crippen LogP contribution in [0.15, 0.2) is 4.52 Å². The molecule has 6 heteroatoms. The van der Waals surface area contributed by atoms with Gasteiger partial charge in [0.05, 0.1) is 5.69 Å². The van der Waals surface area contributed by atoms with Gasteiger partial charge >= 0.3 is 0 Å². The Labute approximate surface area is 124 Å². The van der Waals surface area contributed by atoms with E-state index in [-0.39, 0.29) is 17.2 Å². The zero-order chi connectivity index (χ0) is 15.2. The van der Waals surface area contributed by atoms with E-state index in [2.05, 4.69) is 5.16 Å². The van der Waals surface area contributed by atoms with Gasteiger partial charge in [-0.3, -0.25) is 9.59 Å². The first-order chi connectivity index (χ1) is 9.92. The topological polar surface area (TPSA) is 66.7 Å². The maximum atomic E-state index is 12.6. The number of aromatic nitrogens is 1. The first-order valence-corrected chi connectivity index (χ1v) is 7.38. The second-order valence-corrected chi connectivity index (χ2v) is 6.42. The molecule has 0 saturated carbocycles. The molecule has 2 aliphatic rings. The van der Waals surface area contributed by atoms with Gasteiger partial charge in [-0.15, -0.1) is 0 Å². The van der Waals surface area contributed by atoms with E-state index >= 15 is 0 Å². The van der Waals surface area contributed by atoms with Gasteiger partial charge < -0.3 is 14.3 Å². The zero-order valence-electron chi connectivity index (χ0n) is 12.8. The number of amides is 2. The molecule has 3 rings (SSSR count). The molecule has 2 fully saturated rings. The maximum Gasteiger partial charge on any atom is 0.259 e. The number of carbonyl (C=O) groups excluding carboxylic acids is 2. The van der Waals surface area contributed by atoms with Gasteiger partial charge in [0.25, 0.3) is 5.91 Å². The fourth-order valence-electron chi connectivity index (χ4n) is 3.57. The molecule has 0 aliphatic carbocycles. The van der Waals surface area contributed by atoms with Crippen molar-refractivity contribution in [1.29, 1.82) is 0 Å². The Kier molecular flexibility index (Phi) is 3.26. The van der Waals surface area contributed by atoms with E-state index in [0.717, 1.165) is 19.4 Å². The SMILES string of the molecule is Cc1noc(C)c1C(=O)N1CCC2(CC1)CC(=O)N(C)C2. The number of carbonyl (C=O) groups is 2. The summed E-state index contributed by atoms with van der Waals surface area (Å²) >= 11 is 0. The first-order valence-electron chi connectivity index (χ1n) is 7.38. The van der Waals surface area contributed by atoms with Crippen LogP contribution < -0.4 is 0 Å². The van der Waals surface area contributed by atoms with Crippen LogP contribution in [-0.2, 0) is 4.79 Å². The molecule has 0 N–H and O–H groups in total. The Morgan fingerprint density at radius 3 is 2.43 bits per heavy atom. The van der Waals surface area contributed by atoms with Gasteiger partial charge in [-0.2, -0.15) is 0 Å². The molecule has 6 nitrogen and oxygen atoms in total. The molecule has 1 aromatic heterocycles. The van der Waals surface area contributed by atoms with Crippen LogP contribution in [-0.4, -0.2) is 53.5 Å². The lowest BCUT2D eigenvalue weighted by Gasteiger charge is -2.38. The zero-order valence-corrected chi connectivity index (χ0v) is 12.8. The third kappa shape index (κ3) is 2.32. The van der Waals surface area contributed by atoms with Gasteiger partial charge in [-0.05, 0) is 26.7 Å². The Morgan fingerprint density at radius 2 is 1.95 bits per heavy atom. The number of nitrogens with zero attached hydrogens (tertiary/aromatic N) is 3. The fourth-order valence-corrected chi connectivity index (χ4v) is 3.57. The Morgan fingerprint density at radius 1 is 1.29 bits per heavy atom. The monoisotopic (exact) mass is 291 g/mol. The maximum absolute atomic E-state index is 12.6. The van der Waals surface area contributed by atoms with E-state index in [0.29, 0.717) is 36.5 Å². The number of aryl methyl sites for hydroxylation is 2. The molecule has 2 aliphatic heterocycles. The van der Waals surface area contributed by atoms with Crippen molar-refractivity contribution in [3.63, 3.8) is 0 Å². The summed E-state index contributed by atoms with van der Waals surface area (Å²) in [5, 5.41) is 3.85. The molecule has 2 saturated heterocycles. The lowest BCUT2D eigenvalue weighted by Crippen LogP contribution is -2.44. The van der Waals surface area contributed by atoms with Crippen molar-refractivity contribution in [3.05, 3.63) is 17.0 Å². The van der Waals surface area contributed by atoms with Crippen LogP contribution in [0.3, 0.4) is 0 Å². The van der Waals surface area contributed by atoms with Crippen LogP contribution in [0.4, 0.5) is 0 Å². The third-order valence-electron chi connectivity index (χ3n) is 4.88. The lowest BCUT2D eigenvalue weighted by atomic mass is 9.77. The van der Waals surface area contributed by atoms with Crippen molar-refractivity contribution in [1.82, 2.24) is 15.0 Å². The Balaban J connectivity index is 1.69. The summed E-state index contributed by atoms with van der Waals surface area (Å²) in [5.74, 6) is 0.799. The number of rotatable bonds is 1. The number of likely N-dealkylation sites (tertiary alicyclic amines) is 2. The molecule has 3 heterocycles. The van der Waals surface area contributed by atoms with Crippen LogP contribution in [0, 0.1) is 19.3 Å². The standard InChI is InChI=1S/C15H21N3O3/c1-10-13(11(2)21-16-10)14(20)18-6-4-15(5-7-18)8-12(19)17(3)9-15/h4-9H2,1-3H3. The highest BCUT2D eigenvalue weighted by Gasteiger charge is 2.44. The molecule has 0 radical (unpaired) electrons. The summed E-state index contributed by atoms with van der Waals surface area (Å²) in [7, 11) is 1.86. The van der Waals surface area contributed by atoms with Crippen LogP contribution >= 0.6 is 0 Å². The van der Waals surface area contributed by atoms with Gasteiger partial charge in [0.1, 0.15) is 11.3 Å². The smallest absolute Gasteiger partial charge is 0.259 e. The van der Waals surface area contributed by atoms with E-state index in [1.807, 2.05) is 16.8 Å². The summed E-state index contributed by atoms with van der Waals surface area (Å²) < 4.78 is 5.08. The molecule has 0 aromatic carbocycles. The summed E-state index contributed by atoms with van der Waals surface area (Å²) in [4.78, 5) is 28.0. The molecule has 1 spiro atoms. The van der Waals surface area contributed by atoms with E-state index in [1.54, 1.807) is 13.8 Å². The lowest BCUT2D eigenvalue weighted by molar-refractivity contribution is -0.126. The van der Waals surface area contributed by atoms with Crippen molar-refractivity contribution >= 4 is 11.8 Å². The summed E-state index contributed by atoms with van der Waals surface area (Å²) in [6.45, 7) is 5.77. The van der Waals surface area contributed by atoms with Crippen molar-refractivity contribution < 1.29 is 14.1 Å².